The molecule has 0 saturated heterocycles. The summed E-state index contributed by atoms with van der Waals surface area (Å²) in [5.41, 5.74) is -5.28. The van der Waals surface area contributed by atoms with Crippen LogP contribution >= 0.6 is 22.9 Å². The van der Waals surface area contributed by atoms with E-state index in [9.17, 15) is 39.9 Å². The molecule has 2 aromatic heterocycles. The van der Waals surface area contributed by atoms with E-state index in [1.165, 1.54) is 29.6 Å². The van der Waals surface area contributed by atoms with Gasteiger partial charge in [0, 0.05) is 28.9 Å². The van der Waals surface area contributed by atoms with Crippen molar-refractivity contribution in [1.29, 1.82) is 0 Å². The van der Waals surface area contributed by atoms with Gasteiger partial charge in [-0.3, -0.25) is 9.48 Å². The van der Waals surface area contributed by atoms with Crippen molar-refractivity contribution in [2.24, 2.45) is 7.05 Å². The van der Waals surface area contributed by atoms with Crippen molar-refractivity contribution in [3.05, 3.63) is 51.5 Å². The summed E-state index contributed by atoms with van der Waals surface area (Å²) >= 11 is 7.01. The van der Waals surface area contributed by atoms with Crippen molar-refractivity contribution >= 4 is 28.8 Å². The van der Waals surface area contributed by atoms with Gasteiger partial charge < -0.3 is 5.32 Å². The van der Waals surface area contributed by atoms with Crippen LogP contribution in [0.15, 0.2) is 29.6 Å². The summed E-state index contributed by atoms with van der Waals surface area (Å²) in [5, 5.41) is 7.00. The molecule has 0 atom stereocenters. The Balaban J connectivity index is 1.79. The second kappa shape index (κ2) is 8.47. The lowest BCUT2D eigenvalue weighted by molar-refractivity contribution is -0.292. The van der Waals surface area contributed by atoms with Gasteiger partial charge in [0.1, 0.15) is 5.56 Å². The number of amides is 1. The van der Waals surface area contributed by atoms with Gasteiger partial charge in [-0.2, -0.15) is 40.2 Å². The molecule has 1 fully saturated rings. The number of nitrogens with zero attached hydrogens (tertiary/aromatic N) is 2. The Morgan fingerprint density at radius 2 is 1.74 bits per heavy atom. The number of halogens is 9. The van der Waals surface area contributed by atoms with E-state index in [0.717, 1.165) is 31.2 Å². The number of carbonyl (C=O) groups is 1. The van der Waals surface area contributed by atoms with Gasteiger partial charge in [-0.25, -0.2) is 0 Å². The van der Waals surface area contributed by atoms with Gasteiger partial charge in [-0.05, 0) is 36.6 Å². The fraction of sp³-hybridized carbons (Fsp3) is 0.333. The van der Waals surface area contributed by atoms with Gasteiger partial charge in [-0.1, -0.05) is 17.7 Å². The lowest BCUT2D eigenvalue weighted by Gasteiger charge is -2.19. The van der Waals surface area contributed by atoms with Crippen LogP contribution in [0.5, 0.6) is 0 Å². The highest BCUT2D eigenvalue weighted by molar-refractivity contribution is 7.14. The molecule has 1 aliphatic rings. The number of hydrogen-bond acceptors (Lipinski definition) is 3. The van der Waals surface area contributed by atoms with E-state index in [1.807, 2.05) is 0 Å². The summed E-state index contributed by atoms with van der Waals surface area (Å²) < 4.78 is 108. The normalized spacial score (nSPS) is 14.9. The van der Waals surface area contributed by atoms with E-state index in [0.29, 0.717) is 15.1 Å². The third-order valence-electron chi connectivity index (χ3n) is 5.27. The van der Waals surface area contributed by atoms with Gasteiger partial charge in [0.2, 0.25) is 0 Å². The zero-order chi connectivity index (χ0) is 25.9. The van der Waals surface area contributed by atoms with Crippen molar-refractivity contribution in [2.75, 3.05) is 0 Å². The highest BCUT2D eigenvalue weighted by Crippen LogP contribution is 2.50. The Morgan fingerprint density at radius 1 is 1.09 bits per heavy atom. The summed E-state index contributed by atoms with van der Waals surface area (Å²) in [7, 11) is 0.848. The average Bonchev–Trinajstić information content (AvgIpc) is 3.27. The molecular formula is C21H14ClF8N3OS. The summed E-state index contributed by atoms with van der Waals surface area (Å²) in [6.07, 6.45) is -10.2. The largest absolute Gasteiger partial charge is 0.459 e. The van der Waals surface area contributed by atoms with Crippen LogP contribution < -0.4 is 5.32 Å². The SMILES string of the molecule is Cn1nc(C(F)(F)C(F)(F)F)c(C(F)(F)F)c1-c1csc(-c2ccc(Cl)c(C(=O)NC3CC3)c2)c1. The maximum absolute atomic E-state index is 13.9. The van der Waals surface area contributed by atoms with Crippen molar-refractivity contribution in [2.45, 2.75) is 37.2 Å². The molecule has 0 bridgehead atoms. The topological polar surface area (TPSA) is 46.9 Å². The lowest BCUT2D eigenvalue weighted by atomic mass is 10.0. The number of thiophene rings is 1. The molecule has 4 nitrogen and oxygen atoms in total. The Bertz CT molecular complexity index is 1290. The fourth-order valence-electron chi connectivity index (χ4n) is 3.43. The number of aromatic nitrogens is 2. The fourth-order valence-corrected chi connectivity index (χ4v) is 4.53. The first-order valence-electron chi connectivity index (χ1n) is 9.90. The monoisotopic (exact) mass is 543 g/mol. The molecule has 1 aromatic carbocycles. The summed E-state index contributed by atoms with van der Waals surface area (Å²) in [5.74, 6) is -6.26. The van der Waals surface area contributed by atoms with Crippen molar-refractivity contribution < 1.29 is 39.9 Å². The quantitative estimate of drug-likeness (QED) is 0.351. The van der Waals surface area contributed by atoms with Crippen molar-refractivity contribution in [3.8, 4) is 21.7 Å². The maximum Gasteiger partial charge on any atom is 0.459 e. The third kappa shape index (κ3) is 4.75. The molecule has 14 heteroatoms. The van der Waals surface area contributed by atoms with Crippen LogP contribution in [0.2, 0.25) is 5.02 Å². The van der Waals surface area contributed by atoms with Crippen LogP contribution in [0, 0.1) is 0 Å². The molecule has 0 unspecified atom stereocenters. The minimum atomic E-state index is -6.28. The average molecular weight is 544 g/mol. The Labute approximate surface area is 201 Å². The van der Waals surface area contributed by atoms with Gasteiger partial charge in [0.25, 0.3) is 5.91 Å². The van der Waals surface area contributed by atoms with E-state index >= 15 is 0 Å². The molecule has 0 spiro atoms. The second-order valence-corrected chi connectivity index (χ2v) is 9.23. The molecule has 1 N–H and O–H groups in total. The summed E-state index contributed by atoms with van der Waals surface area (Å²) in [6, 6.07) is 5.59. The molecule has 2 heterocycles. The van der Waals surface area contributed by atoms with E-state index in [4.69, 9.17) is 11.6 Å². The molecule has 1 amide bonds. The summed E-state index contributed by atoms with van der Waals surface area (Å²) in [4.78, 5) is 12.7. The van der Waals surface area contributed by atoms with Gasteiger partial charge in [0.05, 0.1) is 16.3 Å². The lowest BCUT2D eigenvalue weighted by Crippen LogP contribution is -2.36. The van der Waals surface area contributed by atoms with E-state index in [2.05, 4.69) is 10.4 Å². The first-order chi connectivity index (χ1) is 16.1. The minimum Gasteiger partial charge on any atom is -0.349 e. The smallest absolute Gasteiger partial charge is 0.349 e. The first-order valence-corrected chi connectivity index (χ1v) is 11.2. The number of rotatable bonds is 5. The molecule has 3 aromatic rings. The Kier molecular flexibility index (Phi) is 6.15. The predicted molar refractivity (Wildman–Crippen MR) is 112 cm³/mol. The Morgan fingerprint density at radius 3 is 2.31 bits per heavy atom. The van der Waals surface area contributed by atoms with Gasteiger partial charge in [0.15, 0.2) is 5.69 Å². The molecule has 0 aliphatic heterocycles. The number of carbonyl (C=O) groups excluding carboxylic acids is 1. The first kappa shape index (κ1) is 25.4. The van der Waals surface area contributed by atoms with E-state index in [1.54, 1.807) is 0 Å². The van der Waals surface area contributed by atoms with Crippen LogP contribution in [0.1, 0.15) is 34.5 Å². The van der Waals surface area contributed by atoms with Gasteiger partial charge in [-0.15, -0.1) is 11.3 Å². The zero-order valence-corrected chi connectivity index (χ0v) is 19.1. The van der Waals surface area contributed by atoms with E-state index < -0.39 is 41.1 Å². The van der Waals surface area contributed by atoms with Crippen LogP contribution in [0.25, 0.3) is 21.7 Å². The second-order valence-electron chi connectivity index (χ2n) is 7.91. The van der Waals surface area contributed by atoms with Crippen LogP contribution in [-0.4, -0.2) is 27.9 Å². The number of aryl methyl sites for hydroxylation is 1. The van der Waals surface area contributed by atoms with Gasteiger partial charge >= 0.3 is 18.3 Å². The number of benzene rings is 1. The zero-order valence-electron chi connectivity index (χ0n) is 17.5. The number of hydrogen-bond donors (Lipinski definition) is 1. The Hall–Kier alpha value is -2.67. The highest BCUT2D eigenvalue weighted by Gasteiger charge is 2.64. The predicted octanol–water partition coefficient (Wildman–Crippen LogP) is 7.03. The van der Waals surface area contributed by atoms with Crippen LogP contribution in [0.4, 0.5) is 35.1 Å². The van der Waals surface area contributed by atoms with Crippen molar-refractivity contribution in [3.63, 3.8) is 0 Å². The van der Waals surface area contributed by atoms with E-state index in [-0.39, 0.29) is 22.2 Å². The minimum absolute atomic E-state index is 0.0465. The number of alkyl halides is 8. The standard InChI is InChI=1S/C21H14ClF8N3OS/c1-33-16(15(20(25,26)27)17(32-33)19(23,24)21(28,29)30)10-7-14(35-8-10)9-2-5-13(22)12(6-9)18(34)31-11-3-4-11/h2,5-8,11H,3-4H2,1H3,(H,31,34). The third-order valence-corrected chi connectivity index (χ3v) is 6.57. The molecule has 0 radical (unpaired) electrons. The van der Waals surface area contributed by atoms with Crippen LogP contribution in [0.3, 0.4) is 0 Å². The molecule has 4 rings (SSSR count). The molecule has 35 heavy (non-hydrogen) atoms. The number of nitrogens with one attached hydrogen (secondary N) is 1. The molecule has 1 saturated carbocycles. The maximum atomic E-state index is 13.9. The van der Waals surface area contributed by atoms with Crippen LogP contribution in [-0.2, 0) is 19.1 Å². The van der Waals surface area contributed by atoms with Crippen molar-refractivity contribution in [1.82, 2.24) is 15.1 Å². The summed E-state index contributed by atoms with van der Waals surface area (Å²) in [6.45, 7) is 0. The molecular weight excluding hydrogens is 530 g/mol. The highest BCUT2D eigenvalue weighted by atomic mass is 35.5. The molecule has 1 aliphatic carbocycles. The molecule has 188 valence electrons.